The maximum Gasteiger partial charge on any atom is 0.241 e. The zero-order chi connectivity index (χ0) is 18.3. The maximum absolute atomic E-state index is 12.3. The minimum atomic E-state index is -3.66. The van der Waals surface area contributed by atoms with Crippen LogP contribution in [0.25, 0.3) is 0 Å². The lowest BCUT2D eigenvalue weighted by atomic mass is 9.97. The molecule has 0 unspecified atom stereocenters. The van der Waals surface area contributed by atoms with Gasteiger partial charge in [0.25, 0.3) is 0 Å². The predicted octanol–water partition coefficient (Wildman–Crippen LogP) is 3.89. The third-order valence-electron chi connectivity index (χ3n) is 3.98. The number of amides is 1. The fourth-order valence-corrected chi connectivity index (χ4v) is 5.17. The molecule has 1 aromatic carbocycles. The molecule has 0 saturated carbocycles. The largest absolute Gasteiger partial charge is 0.356 e. The molecule has 0 fully saturated rings. The molecular formula is C17H22Br2N2O3S. The molecule has 1 aliphatic carbocycles. The van der Waals surface area contributed by atoms with Gasteiger partial charge in [-0.1, -0.05) is 27.6 Å². The van der Waals surface area contributed by atoms with Gasteiger partial charge in [0, 0.05) is 28.5 Å². The number of carbonyl (C=O) groups excluding carboxylic acids is 1. The van der Waals surface area contributed by atoms with E-state index in [0.717, 1.165) is 19.3 Å². The van der Waals surface area contributed by atoms with Gasteiger partial charge < -0.3 is 5.32 Å². The van der Waals surface area contributed by atoms with Crippen LogP contribution in [-0.2, 0) is 14.8 Å². The van der Waals surface area contributed by atoms with Crippen LogP contribution in [0.2, 0.25) is 0 Å². The van der Waals surface area contributed by atoms with E-state index in [9.17, 15) is 13.2 Å². The molecule has 2 rings (SSSR count). The summed E-state index contributed by atoms with van der Waals surface area (Å²) in [6.45, 7) is 0.671. The first-order valence-corrected chi connectivity index (χ1v) is 11.3. The van der Waals surface area contributed by atoms with E-state index in [-0.39, 0.29) is 23.8 Å². The Morgan fingerprint density at radius 1 is 1.16 bits per heavy atom. The molecule has 5 nitrogen and oxygen atoms in total. The van der Waals surface area contributed by atoms with Gasteiger partial charge in [-0.05, 0) is 66.2 Å². The molecule has 0 heterocycles. The molecule has 1 aromatic rings. The monoisotopic (exact) mass is 492 g/mol. The summed E-state index contributed by atoms with van der Waals surface area (Å²) >= 11 is 6.49. The van der Waals surface area contributed by atoms with Crippen molar-refractivity contribution in [3.05, 3.63) is 38.8 Å². The number of sulfonamides is 1. The number of allylic oxidation sites excluding steroid dienone is 1. The number of halogens is 2. The summed E-state index contributed by atoms with van der Waals surface area (Å²) in [7, 11) is -3.66. The smallest absolute Gasteiger partial charge is 0.241 e. The van der Waals surface area contributed by atoms with Crippen molar-refractivity contribution in [2.45, 2.75) is 43.4 Å². The molecule has 1 aliphatic rings. The number of hydrogen-bond donors (Lipinski definition) is 2. The molecule has 0 saturated heterocycles. The number of rotatable bonds is 8. The Morgan fingerprint density at radius 3 is 2.68 bits per heavy atom. The quantitative estimate of drug-likeness (QED) is 0.539. The van der Waals surface area contributed by atoms with Crippen molar-refractivity contribution in [2.24, 2.45) is 0 Å². The summed E-state index contributed by atoms with van der Waals surface area (Å²) in [5, 5.41) is 2.85. The average Bonchev–Trinajstić information content (AvgIpc) is 2.58. The van der Waals surface area contributed by atoms with E-state index >= 15 is 0 Å². The van der Waals surface area contributed by atoms with Crippen LogP contribution in [0, 0.1) is 0 Å². The number of hydrogen-bond acceptors (Lipinski definition) is 3. The van der Waals surface area contributed by atoms with Gasteiger partial charge in [-0.15, -0.1) is 0 Å². The Labute approximate surface area is 166 Å². The van der Waals surface area contributed by atoms with Gasteiger partial charge in [0.1, 0.15) is 0 Å². The second-order valence-electron chi connectivity index (χ2n) is 5.93. The summed E-state index contributed by atoms with van der Waals surface area (Å²) in [6, 6.07) is 4.92. The molecule has 8 heteroatoms. The van der Waals surface area contributed by atoms with Crippen LogP contribution >= 0.6 is 31.9 Å². The SMILES string of the molecule is O=C(CCNS(=O)(=O)c1cc(Br)ccc1Br)NCCC1=CCCCC1. The minimum Gasteiger partial charge on any atom is -0.356 e. The first-order valence-electron chi connectivity index (χ1n) is 8.28. The first-order chi connectivity index (χ1) is 11.9. The van der Waals surface area contributed by atoms with E-state index < -0.39 is 10.0 Å². The minimum absolute atomic E-state index is 0.0653. The van der Waals surface area contributed by atoms with E-state index in [2.05, 4.69) is 48.0 Å². The van der Waals surface area contributed by atoms with E-state index in [0.29, 0.717) is 15.5 Å². The third kappa shape index (κ3) is 6.84. The van der Waals surface area contributed by atoms with Crippen molar-refractivity contribution in [1.29, 1.82) is 0 Å². The standard InChI is InChI=1S/C17H22Br2N2O3S/c18-14-6-7-15(19)16(12-14)25(23,24)21-11-9-17(22)20-10-8-13-4-2-1-3-5-13/h4,6-7,12,21H,1-3,5,8-11H2,(H,20,22). The Kier molecular flexibility index (Phi) is 8.12. The van der Waals surface area contributed by atoms with Crippen molar-refractivity contribution in [1.82, 2.24) is 10.0 Å². The summed E-state index contributed by atoms with van der Waals surface area (Å²) in [5.41, 5.74) is 1.41. The summed E-state index contributed by atoms with van der Waals surface area (Å²) in [6.07, 6.45) is 8.00. The summed E-state index contributed by atoms with van der Waals surface area (Å²) < 4.78 is 28.2. The topological polar surface area (TPSA) is 75.3 Å². The van der Waals surface area contributed by atoms with E-state index in [1.807, 2.05) is 0 Å². The van der Waals surface area contributed by atoms with Crippen molar-refractivity contribution in [2.75, 3.05) is 13.1 Å². The molecule has 138 valence electrons. The number of carbonyl (C=O) groups is 1. The van der Waals surface area contributed by atoms with Crippen molar-refractivity contribution < 1.29 is 13.2 Å². The number of benzene rings is 1. The van der Waals surface area contributed by atoms with Gasteiger partial charge in [-0.3, -0.25) is 4.79 Å². The van der Waals surface area contributed by atoms with Crippen LogP contribution in [0.15, 0.2) is 43.7 Å². The molecule has 0 aromatic heterocycles. The second kappa shape index (κ2) is 9.85. The normalized spacial score (nSPS) is 14.9. The lowest BCUT2D eigenvalue weighted by Gasteiger charge is -2.13. The van der Waals surface area contributed by atoms with Crippen molar-refractivity contribution in [3.8, 4) is 0 Å². The van der Waals surface area contributed by atoms with Gasteiger partial charge in [-0.2, -0.15) is 0 Å². The molecule has 1 amide bonds. The molecule has 0 bridgehead atoms. The highest BCUT2D eigenvalue weighted by Crippen LogP contribution is 2.25. The van der Waals surface area contributed by atoms with Gasteiger partial charge in [0.05, 0.1) is 4.90 Å². The van der Waals surface area contributed by atoms with Crippen molar-refractivity contribution >= 4 is 47.8 Å². The van der Waals surface area contributed by atoms with Gasteiger partial charge in [0.15, 0.2) is 0 Å². The molecule has 25 heavy (non-hydrogen) atoms. The van der Waals surface area contributed by atoms with Crippen LogP contribution in [-0.4, -0.2) is 27.4 Å². The fourth-order valence-electron chi connectivity index (χ4n) is 2.64. The first kappa shape index (κ1) is 20.6. The molecular weight excluding hydrogens is 472 g/mol. The van der Waals surface area contributed by atoms with Crippen molar-refractivity contribution in [3.63, 3.8) is 0 Å². The third-order valence-corrected chi connectivity index (χ3v) is 6.93. The highest BCUT2D eigenvalue weighted by atomic mass is 79.9. The molecule has 0 radical (unpaired) electrons. The molecule has 0 aliphatic heterocycles. The van der Waals surface area contributed by atoms with Crippen LogP contribution in [0.3, 0.4) is 0 Å². The highest BCUT2D eigenvalue weighted by molar-refractivity contribution is 9.11. The van der Waals surface area contributed by atoms with Gasteiger partial charge >= 0.3 is 0 Å². The van der Waals surface area contributed by atoms with E-state index in [1.54, 1.807) is 12.1 Å². The molecule has 0 spiro atoms. The number of nitrogens with one attached hydrogen (secondary N) is 2. The zero-order valence-corrected chi connectivity index (χ0v) is 17.8. The molecule has 2 N–H and O–H groups in total. The van der Waals surface area contributed by atoms with E-state index in [1.165, 1.54) is 24.5 Å². The Hall–Kier alpha value is -0.700. The Morgan fingerprint density at radius 2 is 1.96 bits per heavy atom. The van der Waals surface area contributed by atoms with E-state index in [4.69, 9.17) is 0 Å². The fraction of sp³-hybridized carbons (Fsp3) is 0.471. The zero-order valence-electron chi connectivity index (χ0n) is 13.9. The summed E-state index contributed by atoms with van der Waals surface area (Å²) in [4.78, 5) is 12.0. The molecule has 0 atom stereocenters. The van der Waals surface area contributed by atoms with Crippen LogP contribution < -0.4 is 10.0 Å². The summed E-state index contributed by atoms with van der Waals surface area (Å²) in [5.74, 6) is -0.146. The highest BCUT2D eigenvalue weighted by Gasteiger charge is 2.18. The Bertz CT molecular complexity index is 748. The van der Waals surface area contributed by atoms with Crippen LogP contribution in [0.5, 0.6) is 0 Å². The lowest BCUT2D eigenvalue weighted by molar-refractivity contribution is -0.120. The maximum atomic E-state index is 12.3. The van der Waals surface area contributed by atoms with Crippen LogP contribution in [0.4, 0.5) is 0 Å². The lowest BCUT2D eigenvalue weighted by Crippen LogP contribution is -2.31. The van der Waals surface area contributed by atoms with Crippen LogP contribution in [0.1, 0.15) is 38.5 Å². The van der Waals surface area contributed by atoms with Gasteiger partial charge in [-0.25, -0.2) is 13.1 Å². The second-order valence-corrected chi connectivity index (χ2v) is 9.44. The Balaban J connectivity index is 1.74. The van der Waals surface area contributed by atoms with Gasteiger partial charge in [0.2, 0.25) is 15.9 Å². The average molecular weight is 494 g/mol. The predicted molar refractivity (Wildman–Crippen MR) is 106 cm³/mol.